The number of para-hydroxylation sites is 2. The number of aromatic nitrogens is 2. The van der Waals surface area contributed by atoms with Crippen molar-refractivity contribution in [2.75, 3.05) is 0 Å². The predicted octanol–water partition coefficient (Wildman–Crippen LogP) is 15.4. The van der Waals surface area contributed by atoms with Crippen LogP contribution in [0.1, 0.15) is 0 Å². The lowest BCUT2D eigenvalue weighted by Gasteiger charge is -2.12. The molecule has 0 N–H and O–H groups in total. The highest BCUT2D eigenvalue weighted by molar-refractivity contribution is 7.26. The van der Waals surface area contributed by atoms with Crippen molar-refractivity contribution in [3.05, 3.63) is 182 Å². The molecule has 0 aliphatic rings. The highest BCUT2D eigenvalue weighted by Gasteiger charge is 2.25. The largest absolute Gasteiger partial charge is 0.308 e. The van der Waals surface area contributed by atoms with E-state index >= 15 is 0 Å². The first kappa shape index (κ1) is 30.1. The summed E-state index contributed by atoms with van der Waals surface area (Å²) in [5.41, 5.74) is 15.0. The number of hydrogen-bond acceptors (Lipinski definition) is 1. The third-order valence-electron chi connectivity index (χ3n) is 12.7. The summed E-state index contributed by atoms with van der Waals surface area (Å²) in [6.07, 6.45) is 0. The molecule has 0 amide bonds. The van der Waals surface area contributed by atoms with Gasteiger partial charge in [-0.15, -0.1) is 11.3 Å². The van der Waals surface area contributed by atoms with Crippen molar-refractivity contribution in [1.82, 2.24) is 8.80 Å². The monoisotopic (exact) mass is 738 g/mol. The summed E-state index contributed by atoms with van der Waals surface area (Å²) in [5.74, 6) is 0. The molecule has 9 aromatic carbocycles. The topological polar surface area (TPSA) is 8.82 Å². The molecule has 2 nitrogen and oxygen atoms in total. The summed E-state index contributed by atoms with van der Waals surface area (Å²) in [5, 5.41) is 13.2. The zero-order valence-corrected chi connectivity index (χ0v) is 31.4. The minimum absolute atomic E-state index is 1.22. The molecule has 0 fully saturated rings. The van der Waals surface area contributed by atoms with E-state index in [0.29, 0.717) is 0 Å². The molecular weight excluding hydrogens is 709 g/mol. The van der Waals surface area contributed by atoms with Gasteiger partial charge in [0.05, 0.1) is 33.1 Å². The Kier molecular flexibility index (Phi) is 5.68. The average Bonchev–Trinajstić information content (AvgIpc) is 4.07. The van der Waals surface area contributed by atoms with Gasteiger partial charge in [-0.2, -0.15) is 0 Å². The quantitative estimate of drug-likeness (QED) is 0.171. The first-order chi connectivity index (χ1) is 28.3. The minimum atomic E-state index is 1.22. The molecule has 0 saturated heterocycles. The van der Waals surface area contributed by atoms with E-state index in [2.05, 4.69) is 191 Å². The van der Waals surface area contributed by atoms with E-state index in [1.807, 2.05) is 11.3 Å². The molecule has 5 aromatic heterocycles. The van der Waals surface area contributed by atoms with Crippen LogP contribution in [0.3, 0.4) is 0 Å². The second-order valence-corrected chi connectivity index (χ2v) is 16.7. The lowest BCUT2D eigenvalue weighted by Crippen LogP contribution is -1.87. The number of hydrogen-bond donors (Lipinski definition) is 0. The highest BCUT2D eigenvalue weighted by atomic mass is 32.1. The van der Waals surface area contributed by atoms with Gasteiger partial charge >= 0.3 is 0 Å². The third kappa shape index (κ3) is 3.89. The molecule has 0 radical (unpaired) electrons. The normalized spacial score (nSPS) is 12.6. The number of benzene rings is 9. The zero-order valence-electron chi connectivity index (χ0n) is 30.6. The molecule has 5 heterocycles. The molecule has 0 aliphatic heterocycles. The summed E-state index contributed by atoms with van der Waals surface area (Å²) < 4.78 is 7.78. The molecular formula is C54H30N2S. The molecule has 0 atom stereocenters. The van der Waals surface area contributed by atoms with Gasteiger partial charge < -0.3 is 8.80 Å². The summed E-state index contributed by atoms with van der Waals surface area (Å²) in [6, 6.07) is 67.9. The molecule has 0 aliphatic carbocycles. The smallest absolute Gasteiger partial charge is 0.0635 e. The molecule has 3 heteroatoms. The van der Waals surface area contributed by atoms with Crippen LogP contribution in [-0.4, -0.2) is 8.80 Å². The van der Waals surface area contributed by atoms with Crippen molar-refractivity contribution in [2.24, 2.45) is 0 Å². The molecule has 262 valence electrons. The lowest BCUT2D eigenvalue weighted by molar-refractivity contribution is 1.36. The summed E-state index contributed by atoms with van der Waals surface area (Å²) >= 11 is 1.93. The number of nitrogens with zero attached hydrogens (tertiary/aromatic N) is 2. The lowest BCUT2D eigenvalue weighted by atomic mass is 9.92. The van der Waals surface area contributed by atoms with E-state index in [1.165, 1.54) is 130 Å². The minimum Gasteiger partial charge on any atom is -0.308 e. The van der Waals surface area contributed by atoms with E-state index in [4.69, 9.17) is 0 Å². The van der Waals surface area contributed by atoms with Crippen molar-refractivity contribution < 1.29 is 0 Å². The van der Waals surface area contributed by atoms with Gasteiger partial charge in [-0.3, -0.25) is 0 Å². The third-order valence-corrected chi connectivity index (χ3v) is 13.9. The molecule has 57 heavy (non-hydrogen) atoms. The Hall–Kier alpha value is -7.20. The van der Waals surface area contributed by atoms with Crippen LogP contribution in [0.25, 0.3) is 130 Å². The van der Waals surface area contributed by atoms with Crippen LogP contribution in [0.5, 0.6) is 0 Å². The van der Waals surface area contributed by atoms with Crippen LogP contribution >= 0.6 is 11.3 Å². The number of fused-ring (bicyclic) bond motifs is 16. The Labute approximate surface area is 330 Å². The Morgan fingerprint density at radius 1 is 0.281 bits per heavy atom. The molecule has 0 bridgehead atoms. The second-order valence-electron chi connectivity index (χ2n) is 15.7. The van der Waals surface area contributed by atoms with E-state index in [-0.39, 0.29) is 0 Å². The van der Waals surface area contributed by atoms with Crippen molar-refractivity contribution >= 4 is 108 Å². The van der Waals surface area contributed by atoms with Crippen LogP contribution in [0.15, 0.2) is 182 Å². The number of rotatable bonds is 3. The fourth-order valence-electron chi connectivity index (χ4n) is 10.3. The first-order valence-electron chi connectivity index (χ1n) is 19.7. The maximum Gasteiger partial charge on any atom is 0.0635 e. The average molecular weight is 739 g/mol. The standard InChI is InChI=1S/C54H30N2S/c1-3-12-31(13-4-1)34-24-35(32-14-5-2-6-15-32)26-36(25-34)33-22-23-47-45(27-33)51-53-43(28-44-38-17-8-10-21-50(38)57-54(44)51)42-30-48-41(29-49(42)56(47)53)40-19-11-18-39-37-16-7-9-20-46(37)55(48)52(39)40/h1-30H. The van der Waals surface area contributed by atoms with Crippen LogP contribution in [-0.2, 0) is 0 Å². The molecule has 0 saturated carbocycles. The van der Waals surface area contributed by atoms with E-state index < -0.39 is 0 Å². The fourth-order valence-corrected chi connectivity index (χ4v) is 11.5. The van der Waals surface area contributed by atoms with Crippen LogP contribution in [0.2, 0.25) is 0 Å². The van der Waals surface area contributed by atoms with Crippen LogP contribution in [0, 0.1) is 0 Å². The fraction of sp³-hybridized carbons (Fsp3) is 0. The van der Waals surface area contributed by atoms with Crippen molar-refractivity contribution in [3.63, 3.8) is 0 Å². The van der Waals surface area contributed by atoms with Crippen molar-refractivity contribution in [3.8, 4) is 33.4 Å². The van der Waals surface area contributed by atoms with E-state index in [0.717, 1.165) is 0 Å². The van der Waals surface area contributed by atoms with E-state index in [1.54, 1.807) is 0 Å². The Balaban J connectivity index is 1.12. The van der Waals surface area contributed by atoms with Gasteiger partial charge in [0.2, 0.25) is 0 Å². The van der Waals surface area contributed by atoms with Crippen molar-refractivity contribution in [1.29, 1.82) is 0 Å². The van der Waals surface area contributed by atoms with E-state index in [9.17, 15) is 0 Å². The van der Waals surface area contributed by atoms with Crippen LogP contribution < -0.4 is 0 Å². The molecule has 0 unspecified atom stereocenters. The Morgan fingerprint density at radius 2 is 0.842 bits per heavy atom. The van der Waals surface area contributed by atoms with Crippen LogP contribution in [0.4, 0.5) is 0 Å². The summed E-state index contributed by atoms with van der Waals surface area (Å²) in [4.78, 5) is 0. The van der Waals surface area contributed by atoms with Gasteiger partial charge in [-0.25, -0.2) is 0 Å². The van der Waals surface area contributed by atoms with Gasteiger partial charge in [-0.1, -0.05) is 121 Å². The molecule has 14 aromatic rings. The van der Waals surface area contributed by atoms with Gasteiger partial charge in [0.15, 0.2) is 0 Å². The Morgan fingerprint density at radius 3 is 1.58 bits per heavy atom. The predicted molar refractivity (Wildman–Crippen MR) is 245 cm³/mol. The zero-order chi connectivity index (χ0) is 36.9. The van der Waals surface area contributed by atoms with Crippen molar-refractivity contribution in [2.45, 2.75) is 0 Å². The van der Waals surface area contributed by atoms with Gasteiger partial charge in [0.1, 0.15) is 0 Å². The SMILES string of the molecule is c1ccc(-c2cc(-c3ccccc3)cc(-c3ccc4c(c3)c3c5sc6ccccc6c5cc5c6cc7c(cc6n4c53)c3cccc4c5ccccc5n7c43)c2)cc1. The maximum absolute atomic E-state index is 2.57. The van der Waals surface area contributed by atoms with Gasteiger partial charge in [0, 0.05) is 63.3 Å². The molecule has 14 rings (SSSR count). The summed E-state index contributed by atoms with van der Waals surface area (Å²) in [6.45, 7) is 0. The Bertz CT molecular complexity index is 3900. The summed E-state index contributed by atoms with van der Waals surface area (Å²) in [7, 11) is 0. The number of thiophene rings is 1. The van der Waals surface area contributed by atoms with Gasteiger partial charge in [0.25, 0.3) is 0 Å². The first-order valence-corrected chi connectivity index (χ1v) is 20.5. The second kappa shape index (κ2) is 10.8. The highest BCUT2D eigenvalue weighted by Crippen LogP contribution is 2.50. The van der Waals surface area contributed by atoms with Gasteiger partial charge in [-0.05, 0) is 94.0 Å². The molecule has 0 spiro atoms. The maximum atomic E-state index is 2.57.